The molecule has 1 atom stereocenters. The van der Waals surface area contributed by atoms with Gasteiger partial charge in [-0.1, -0.05) is 12.1 Å². The number of halogens is 2. The van der Waals surface area contributed by atoms with Crippen LogP contribution < -0.4 is 10.5 Å². The van der Waals surface area contributed by atoms with Crippen LogP contribution in [0.5, 0.6) is 5.75 Å². The molecular formula is C17H19F2NO. The zero-order valence-electron chi connectivity index (χ0n) is 12.0. The quantitative estimate of drug-likeness (QED) is 0.884. The Morgan fingerprint density at radius 3 is 2.19 bits per heavy atom. The summed E-state index contributed by atoms with van der Waals surface area (Å²) in [5, 5.41) is 0. The van der Waals surface area contributed by atoms with Gasteiger partial charge in [0.25, 0.3) is 0 Å². The summed E-state index contributed by atoms with van der Waals surface area (Å²) in [5.41, 5.74) is 7.80. The Labute approximate surface area is 123 Å². The van der Waals surface area contributed by atoms with Crippen LogP contribution in [0.25, 0.3) is 0 Å². The summed E-state index contributed by atoms with van der Waals surface area (Å²) in [5.74, 6) is -0.307. The van der Waals surface area contributed by atoms with Gasteiger partial charge in [-0.25, -0.2) is 8.78 Å². The number of hydrogen-bond donors (Lipinski definition) is 1. The van der Waals surface area contributed by atoms with Gasteiger partial charge in [-0.3, -0.25) is 0 Å². The number of ether oxygens (including phenoxy) is 1. The first kappa shape index (κ1) is 15.4. The van der Waals surface area contributed by atoms with Crippen LogP contribution in [-0.4, -0.2) is 13.2 Å². The fourth-order valence-electron chi connectivity index (χ4n) is 2.28. The van der Waals surface area contributed by atoms with Crippen LogP contribution in [0.2, 0.25) is 0 Å². The monoisotopic (exact) mass is 291 g/mol. The van der Waals surface area contributed by atoms with Gasteiger partial charge >= 0.3 is 0 Å². The van der Waals surface area contributed by atoms with Crippen molar-refractivity contribution in [3.8, 4) is 5.75 Å². The second kappa shape index (κ2) is 7.18. The van der Waals surface area contributed by atoms with Crippen molar-refractivity contribution in [2.24, 2.45) is 5.73 Å². The Kier molecular flexibility index (Phi) is 5.28. The number of nitrogens with two attached hydrogens (primary N) is 1. The molecule has 2 aromatic rings. The third-order valence-corrected chi connectivity index (χ3v) is 3.38. The van der Waals surface area contributed by atoms with E-state index in [4.69, 9.17) is 10.5 Å². The number of hydrogen-bond acceptors (Lipinski definition) is 2. The summed E-state index contributed by atoms with van der Waals surface area (Å²) in [4.78, 5) is 0. The SMILES string of the molecule is COc1ccc(CCC(N)Cc2cc(F)cc(F)c2)cc1. The highest BCUT2D eigenvalue weighted by atomic mass is 19.1. The standard InChI is InChI=1S/C17H19F2NO/c1-21-17-6-3-12(4-7-17)2-5-16(20)10-13-8-14(18)11-15(19)9-13/h3-4,6-9,11,16H,2,5,10,20H2,1H3. The number of benzene rings is 2. The highest BCUT2D eigenvalue weighted by Crippen LogP contribution is 2.15. The maximum Gasteiger partial charge on any atom is 0.126 e. The molecule has 2 nitrogen and oxygen atoms in total. The van der Waals surface area contributed by atoms with E-state index in [2.05, 4.69) is 0 Å². The average molecular weight is 291 g/mol. The first-order valence-electron chi connectivity index (χ1n) is 6.90. The molecule has 0 spiro atoms. The van der Waals surface area contributed by atoms with Crippen molar-refractivity contribution in [2.75, 3.05) is 7.11 Å². The highest BCUT2D eigenvalue weighted by molar-refractivity contribution is 5.27. The van der Waals surface area contributed by atoms with E-state index < -0.39 is 11.6 Å². The van der Waals surface area contributed by atoms with E-state index in [1.54, 1.807) is 7.11 Å². The van der Waals surface area contributed by atoms with Crippen LogP contribution in [-0.2, 0) is 12.8 Å². The molecular weight excluding hydrogens is 272 g/mol. The van der Waals surface area contributed by atoms with Crippen LogP contribution >= 0.6 is 0 Å². The molecule has 112 valence electrons. The molecule has 4 heteroatoms. The normalized spacial score (nSPS) is 12.2. The Morgan fingerprint density at radius 2 is 1.62 bits per heavy atom. The largest absolute Gasteiger partial charge is 0.497 e. The van der Waals surface area contributed by atoms with Gasteiger partial charge in [-0.05, 0) is 54.7 Å². The summed E-state index contributed by atoms with van der Waals surface area (Å²) >= 11 is 0. The van der Waals surface area contributed by atoms with Gasteiger partial charge < -0.3 is 10.5 Å². The average Bonchev–Trinajstić information content (AvgIpc) is 2.44. The minimum atomic E-state index is -0.563. The first-order valence-corrected chi connectivity index (χ1v) is 6.90. The highest BCUT2D eigenvalue weighted by Gasteiger charge is 2.07. The van der Waals surface area contributed by atoms with E-state index in [1.165, 1.54) is 12.1 Å². The van der Waals surface area contributed by atoms with Gasteiger partial charge in [0.1, 0.15) is 17.4 Å². The molecule has 0 aliphatic rings. The number of methoxy groups -OCH3 is 1. The molecule has 0 amide bonds. The molecule has 2 aromatic carbocycles. The van der Waals surface area contributed by atoms with Gasteiger partial charge in [0, 0.05) is 12.1 Å². The van der Waals surface area contributed by atoms with Gasteiger partial charge in [0.15, 0.2) is 0 Å². The molecule has 1 unspecified atom stereocenters. The van der Waals surface area contributed by atoms with E-state index >= 15 is 0 Å². The molecule has 0 aliphatic heterocycles. The van der Waals surface area contributed by atoms with Crippen LogP contribution in [0, 0.1) is 11.6 Å². The molecule has 2 N–H and O–H groups in total. The van der Waals surface area contributed by atoms with Crippen LogP contribution in [0.3, 0.4) is 0 Å². The molecule has 0 aliphatic carbocycles. The summed E-state index contributed by atoms with van der Waals surface area (Å²) in [6.07, 6.45) is 2.04. The van der Waals surface area contributed by atoms with Crippen LogP contribution in [0.1, 0.15) is 17.5 Å². The van der Waals surface area contributed by atoms with Crippen molar-refractivity contribution < 1.29 is 13.5 Å². The molecule has 2 rings (SSSR count). The minimum Gasteiger partial charge on any atom is -0.497 e. The number of rotatable bonds is 6. The van der Waals surface area contributed by atoms with Crippen molar-refractivity contribution in [1.82, 2.24) is 0 Å². The summed E-state index contributed by atoms with van der Waals surface area (Å²) < 4.78 is 31.3. The molecule has 21 heavy (non-hydrogen) atoms. The second-order valence-corrected chi connectivity index (χ2v) is 5.13. The molecule has 0 bridgehead atoms. The van der Waals surface area contributed by atoms with E-state index in [1.807, 2.05) is 24.3 Å². The predicted octanol–water partition coefficient (Wildman–Crippen LogP) is 3.48. The lowest BCUT2D eigenvalue weighted by Crippen LogP contribution is -2.23. The maximum atomic E-state index is 13.1. The summed E-state index contributed by atoms with van der Waals surface area (Å²) in [6, 6.07) is 11.2. The van der Waals surface area contributed by atoms with Crippen molar-refractivity contribution in [3.05, 3.63) is 65.2 Å². The third kappa shape index (κ3) is 4.83. The lowest BCUT2D eigenvalue weighted by Gasteiger charge is -2.12. The van der Waals surface area contributed by atoms with Gasteiger partial charge in [0.2, 0.25) is 0 Å². The topological polar surface area (TPSA) is 35.2 Å². The zero-order valence-corrected chi connectivity index (χ0v) is 12.0. The fourth-order valence-corrected chi connectivity index (χ4v) is 2.28. The fraction of sp³-hybridized carbons (Fsp3) is 0.294. The Hall–Kier alpha value is -1.94. The van der Waals surface area contributed by atoms with E-state index in [-0.39, 0.29) is 6.04 Å². The van der Waals surface area contributed by atoms with Crippen LogP contribution in [0.4, 0.5) is 8.78 Å². The molecule has 0 saturated carbocycles. The first-order chi connectivity index (χ1) is 10.1. The van der Waals surface area contributed by atoms with Gasteiger partial charge in [-0.15, -0.1) is 0 Å². The van der Waals surface area contributed by atoms with E-state index in [0.717, 1.165) is 30.2 Å². The van der Waals surface area contributed by atoms with E-state index in [0.29, 0.717) is 12.0 Å². The van der Waals surface area contributed by atoms with Crippen molar-refractivity contribution >= 4 is 0 Å². The van der Waals surface area contributed by atoms with Gasteiger partial charge in [-0.2, -0.15) is 0 Å². The smallest absolute Gasteiger partial charge is 0.126 e. The van der Waals surface area contributed by atoms with Crippen LogP contribution in [0.15, 0.2) is 42.5 Å². The minimum absolute atomic E-state index is 0.131. The Morgan fingerprint density at radius 1 is 1.00 bits per heavy atom. The van der Waals surface area contributed by atoms with Crippen molar-refractivity contribution in [2.45, 2.75) is 25.3 Å². The van der Waals surface area contributed by atoms with Crippen molar-refractivity contribution in [1.29, 1.82) is 0 Å². The second-order valence-electron chi connectivity index (χ2n) is 5.13. The summed E-state index contributed by atoms with van der Waals surface area (Å²) in [6.45, 7) is 0. The molecule has 0 fully saturated rings. The number of aryl methyl sites for hydroxylation is 1. The molecule has 0 saturated heterocycles. The van der Waals surface area contributed by atoms with Crippen molar-refractivity contribution in [3.63, 3.8) is 0 Å². The zero-order chi connectivity index (χ0) is 15.2. The Balaban J connectivity index is 1.87. The molecule has 0 radical (unpaired) electrons. The predicted molar refractivity (Wildman–Crippen MR) is 79.4 cm³/mol. The third-order valence-electron chi connectivity index (χ3n) is 3.38. The Bertz CT molecular complexity index is 564. The summed E-state index contributed by atoms with van der Waals surface area (Å²) in [7, 11) is 1.63. The van der Waals surface area contributed by atoms with Gasteiger partial charge in [0.05, 0.1) is 7.11 Å². The van der Waals surface area contributed by atoms with E-state index in [9.17, 15) is 8.78 Å². The molecule has 0 heterocycles. The maximum absolute atomic E-state index is 13.1. The molecule has 0 aromatic heterocycles. The lowest BCUT2D eigenvalue weighted by molar-refractivity contribution is 0.414. The lowest BCUT2D eigenvalue weighted by atomic mass is 9.99.